The van der Waals surface area contributed by atoms with Crippen molar-refractivity contribution in [3.05, 3.63) is 0 Å². The summed E-state index contributed by atoms with van der Waals surface area (Å²) in [4.78, 5) is 10.2. The Bertz CT molecular complexity index is 133. The third-order valence-electron chi connectivity index (χ3n) is 1.41. The van der Waals surface area contributed by atoms with Gasteiger partial charge in [-0.1, -0.05) is 0 Å². The number of piperazine rings is 1. The molecule has 6 heteroatoms. The van der Waals surface area contributed by atoms with Gasteiger partial charge in [-0.2, -0.15) is 0 Å². The quantitative estimate of drug-likeness (QED) is 0.292. The maximum absolute atomic E-state index is 10.2. The molecule has 0 spiro atoms. The second-order valence-electron chi connectivity index (χ2n) is 2.34. The van der Waals surface area contributed by atoms with Gasteiger partial charge >= 0.3 is 6.03 Å². The van der Waals surface area contributed by atoms with E-state index in [0.29, 0.717) is 0 Å². The van der Waals surface area contributed by atoms with Crippen LogP contribution in [0.5, 0.6) is 0 Å². The van der Waals surface area contributed by atoms with E-state index in [2.05, 4.69) is 21.5 Å². The smallest absolute Gasteiger partial charge is 0.326 e. The Balaban J connectivity index is 2.09. The van der Waals surface area contributed by atoms with Gasteiger partial charge < -0.3 is 11.1 Å². The lowest BCUT2D eigenvalue weighted by molar-refractivity contribution is 0.237. The Morgan fingerprint density at radius 2 is 2.36 bits per heavy atom. The van der Waals surface area contributed by atoms with Crippen molar-refractivity contribution in [1.82, 2.24) is 21.5 Å². The minimum atomic E-state index is -0.572. The highest BCUT2D eigenvalue weighted by atomic mass is 16.2. The summed E-state index contributed by atoms with van der Waals surface area (Å²) in [5.74, 6) is 0. The van der Waals surface area contributed by atoms with Crippen molar-refractivity contribution >= 4 is 6.03 Å². The molecule has 6 N–H and O–H groups in total. The summed E-state index contributed by atoms with van der Waals surface area (Å²) in [6, 6.07) is -0.572. The summed E-state index contributed by atoms with van der Waals surface area (Å²) in [6.45, 7) is 2.62. The van der Waals surface area contributed by atoms with Crippen LogP contribution in [0.3, 0.4) is 0 Å². The van der Waals surface area contributed by atoms with Crippen LogP contribution in [-0.2, 0) is 0 Å². The van der Waals surface area contributed by atoms with Gasteiger partial charge in [-0.25, -0.2) is 10.2 Å². The molecule has 0 saturated carbocycles. The number of carbonyl (C=O) groups excluding carboxylic acids is 1. The van der Waals surface area contributed by atoms with E-state index < -0.39 is 6.03 Å². The monoisotopic (exact) mass is 159 g/mol. The molecule has 1 atom stereocenters. The zero-order valence-electron chi connectivity index (χ0n) is 6.18. The largest absolute Gasteiger partial charge is 0.351 e. The number of primary amides is 1. The first-order valence-corrected chi connectivity index (χ1v) is 3.54. The molecule has 6 nitrogen and oxygen atoms in total. The van der Waals surface area contributed by atoms with Crippen LogP contribution in [0, 0.1) is 0 Å². The molecule has 2 amide bonds. The number of nitrogens with one attached hydrogen (secondary N) is 4. The fourth-order valence-electron chi connectivity index (χ4n) is 0.914. The number of urea groups is 1. The molecule has 0 bridgehead atoms. The first-order chi connectivity index (χ1) is 5.29. The minimum Gasteiger partial charge on any atom is -0.351 e. The molecule has 1 rings (SSSR count). The maximum Gasteiger partial charge on any atom is 0.326 e. The highest BCUT2D eigenvalue weighted by Crippen LogP contribution is 1.78. The Morgan fingerprint density at radius 1 is 1.55 bits per heavy atom. The summed E-state index contributed by atoms with van der Waals surface area (Å²) in [5, 5.41) is 6.27. The zero-order valence-corrected chi connectivity index (χ0v) is 6.18. The average molecular weight is 159 g/mol. The highest BCUT2D eigenvalue weighted by Gasteiger charge is 2.10. The van der Waals surface area contributed by atoms with Crippen molar-refractivity contribution in [2.45, 2.75) is 6.17 Å². The Hall–Kier alpha value is -0.850. The van der Waals surface area contributed by atoms with Crippen LogP contribution in [0.1, 0.15) is 0 Å². The van der Waals surface area contributed by atoms with Gasteiger partial charge in [0.25, 0.3) is 0 Å². The lowest BCUT2D eigenvalue weighted by Crippen LogP contribution is -2.60. The molecule has 0 radical (unpaired) electrons. The van der Waals surface area contributed by atoms with Crippen LogP contribution in [0.25, 0.3) is 0 Å². The predicted octanol–water partition coefficient (Wildman–Crippen LogP) is -2.32. The van der Waals surface area contributed by atoms with E-state index in [4.69, 9.17) is 5.73 Å². The van der Waals surface area contributed by atoms with Crippen LogP contribution >= 0.6 is 0 Å². The highest BCUT2D eigenvalue weighted by molar-refractivity contribution is 5.70. The Morgan fingerprint density at radius 3 is 2.91 bits per heavy atom. The molecule has 1 aliphatic heterocycles. The molecule has 11 heavy (non-hydrogen) atoms. The number of carbonyl (C=O) groups is 1. The topological polar surface area (TPSA) is 91.2 Å². The lowest BCUT2D eigenvalue weighted by Gasteiger charge is -2.24. The lowest BCUT2D eigenvalue weighted by atomic mass is 10.4. The van der Waals surface area contributed by atoms with Crippen molar-refractivity contribution in [2.24, 2.45) is 5.73 Å². The van der Waals surface area contributed by atoms with Crippen LogP contribution in [0.4, 0.5) is 4.79 Å². The van der Waals surface area contributed by atoms with Gasteiger partial charge in [0.05, 0.1) is 6.17 Å². The molecule has 0 aromatic carbocycles. The Kier molecular flexibility index (Phi) is 3.09. The molecule has 1 unspecified atom stereocenters. The van der Waals surface area contributed by atoms with E-state index in [-0.39, 0.29) is 6.17 Å². The van der Waals surface area contributed by atoms with Crippen LogP contribution in [-0.4, -0.2) is 31.8 Å². The van der Waals surface area contributed by atoms with Gasteiger partial charge in [-0.05, 0) is 0 Å². The normalized spacial score (nSPS) is 24.5. The summed E-state index contributed by atoms with van der Waals surface area (Å²) >= 11 is 0. The van der Waals surface area contributed by atoms with Gasteiger partial charge in [0.15, 0.2) is 0 Å². The first kappa shape index (κ1) is 8.25. The second-order valence-corrected chi connectivity index (χ2v) is 2.34. The molecule has 0 aromatic rings. The van der Waals surface area contributed by atoms with Crippen molar-refractivity contribution in [3.8, 4) is 0 Å². The summed E-state index contributed by atoms with van der Waals surface area (Å²) in [6.07, 6.45) is 0.0660. The van der Waals surface area contributed by atoms with Crippen LogP contribution < -0.4 is 27.2 Å². The van der Waals surface area contributed by atoms with Gasteiger partial charge in [0, 0.05) is 19.6 Å². The van der Waals surface area contributed by atoms with Crippen LogP contribution in [0.15, 0.2) is 0 Å². The molecule has 0 aliphatic carbocycles. The molecular weight excluding hydrogens is 146 g/mol. The molecule has 64 valence electrons. The van der Waals surface area contributed by atoms with Crippen molar-refractivity contribution in [3.63, 3.8) is 0 Å². The SMILES string of the molecule is NC(=O)NNC1CNCCN1. The summed E-state index contributed by atoms with van der Waals surface area (Å²) < 4.78 is 0. The third-order valence-corrected chi connectivity index (χ3v) is 1.41. The molecule has 1 heterocycles. The number of hydrogen-bond donors (Lipinski definition) is 5. The van der Waals surface area contributed by atoms with E-state index in [1.165, 1.54) is 0 Å². The van der Waals surface area contributed by atoms with Gasteiger partial charge in [0.1, 0.15) is 0 Å². The fraction of sp³-hybridized carbons (Fsp3) is 0.800. The third kappa shape index (κ3) is 3.17. The Labute approximate surface area is 64.9 Å². The predicted molar refractivity (Wildman–Crippen MR) is 40.5 cm³/mol. The summed E-state index contributed by atoms with van der Waals surface area (Å²) in [7, 11) is 0. The van der Waals surface area contributed by atoms with Crippen molar-refractivity contribution in [2.75, 3.05) is 19.6 Å². The first-order valence-electron chi connectivity index (χ1n) is 3.54. The number of hydrogen-bond acceptors (Lipinski definition) is 4. The average Bonchev–Trinajstić information content (AvgIpc) is 2.03. The minimum absolute atomic E-state index is 0.0660. The number of amides is 2. The van der Waals surface area contributed by atoms with E-state index in [1.807, 2.05) is 0 Å². The van der Waals surface area contributed by atoms with E-state index in [1.54, 1.807) is 0 Å². The second kappa shape index (κ2) is 4.12. The molecule has 1 saturated heterocycles. The molecular formula is C5H13N5O. The molecule has 1 fully saturated rings. The number of rotatable bonds is 2. The van der Waals surface area contributed by atoms with E-state index in [9.17, 15) is 4.79 Å². The van der Waals surface area contributed by atoms with E-state index in [0.717, 1.165) is 19.6 Å². The van der Waals surface area contributed by atoms with Gasteiger partial charge in [-0.3, -0.25) is 10.7 Å². The van der Waals surface area contributed by atoms with E-state index >= 15 is 0 Å². The molecule has 0 aromatic heterocycles. The summed E-state index contributed by atoms with van der Waals surface area (Å²) in [5.41, 5.74) is 9.87. The van der Waals surface area contributed by atoms with Crippen molar-refractivity contribution < 1.29 is 4.79 Å². The van der Waals surface area contributed by atoms with Gasteiger partial charge in [0.2, 0.25) is 0 Å². The fourth-order valence-corrected chi connectivity index (χ4v) is 0.914. The standard InChI is InChI=1S/C5H13N5O/c6-5(11)10-9-4-3-7-1-2-8-4/h4,7-9H,1-3H2,(H3,6,10,11). The number of nitrogens with two attached hydrogens (primary N) is 1. The zero-order chi connectivity index (χ0) is 8.10. The maximum atomic E-state index is 10.2. The number of hydrazine groups is 1. The van der Waals surface area contributed by atoms with Gasteiger partial charge in [-0.15, -0.1) is 0 Å². The van der Waals surface area contributed by atoms with Crippen LogP contribution in [0.2, 0.25) is 0 Å². The molecule has 1 aliphatic rings. The van der Waals surface area contributed by atoms with Crippen molar-refractivity contribution in [1.29, 1.82) is 0 Å².